The molecule has 0 unspecified atom stereocenters. The van der Waals surface area contributed by atoms with Gasteiger partial charge in [0.15, 0.2) is 5.54 Å². The molecule has 9 nitrogen and oxygen atoms in total. The Bertz CT molecular complexity index is 1550. The van der Waals surface area contributed by atoms with Gasteiger partial charge in [0, 0.05) is 28.7 Å². The maximum Gasteiger partial charge on any atom is 0.254 e. The van der Waals surface area contributed by atoms with Crippen molar-refractivity contribution < 1.29 is 18.0 Å². The van der Waals surface area contributed by atoms with Crippen LogP contribution in [0.2, 0.25) is 10.0 Å². The molecule has 1 heterocycles. The second-order valence-electron chi connectivity index (χ2n) is 10.1. The van der Waals surface area contributed by atoms with E-state index in [0.717, 1.165) is 16.1 Å². The van der Waals surface area contributed by atoms with E-state index in [9.17, 15) is 18.0 Å². The van der Waals surface area contributed by atoms with E-state index in [2.05, 4.69) is 5.32 Å². The Morgan fingerprint density at radius 3 is 2.12 bits per heavy atom. The summed E-state index contributed by atoms with van der Waals surface area (Å²) in [5.74, 6) is -0.933. The molecule has 1 fully saturated rings. The lowest BCUT2D eigenvalue weighted by Crippen LogP contribution is -2.60. The lowest BCUT2D eigenvalue weighted by molar-refractivity contribution is -0.142. The zero-order valence-corrected chi connectivity index (χ0v) is 24.9. The molecule has 3 aromatic rings. The number of halogens is 2. The molecule has 2 atom stereocenters. The number of carbonyl (C=O) groups excluding carboxylic acids is 2. The van der Waals surface area contributed by atoms with Crippen LogP contribution < -0.4 is 15.4 Å². The van der Waals surface area contributed by atoms with Gasteiger partial charge in [-0.2, -0.15) is 0 Å². The highest BCUT2D eigenvalue weighted by Crippen LogP contribution is 2.39. The van der Waals surface area contributed by atoms with Crippen LogP contribution in [0.25, 0.3) is 0 Å². The number of rotatable bonds is 9. The standard InChI is InChI=1S/C29H31Cl2N5O4S/c1-29(21-9-11-22(30)12-10-21,36(41(2,39)40)24-15-13-23(31)14-16-24)28(38)35-17-3-4-25(35)27(37)34-18-19-5-7-20(8-6-19)26(32)33/h5-16,25H,3-4,17-18H2,1-2H3,(H3,32,33)(H,34,37)/t25-,29+/m0/s1. The van der Waals surface area contributed by atoms with Crippen LogP contribution in [0.5, 0.6) is 0 Å². The largest absolute Gasteiger partial charge is 0.384 e. The number of nitrogens with two attached hydrogens (primary N) is 1. The first-order valence-electron chi connectivity index (χ1n) is 12.9. The number of amides is 2. The molecule has 0 bridgehead atoms. The Hall–Kier alpha value is -3.60. The Labute approximate surface area is 249 Å². The maximum atomic E-state index is 14.5. The lowest BCUT2D eigenvalue weighted by Gasteiger charge is -2.43. The molecule has 1 aliphatic rings. The lowest BCUT2D eigenvalue weighted by atomic mass is 9.89. The summed E-state index contributed by atoms with van der Waals surface area (Å²) < 4.78 is 27.8. The molecule has 0 radical (unpaired) electrons. The van der Waals surface area contributed by atoms with Gasteiger partial charge in [-0.15, -0.1) is 0 Å². The summed E-state index contributed by atoms with van der Waals surface area (Å²) in [7, 11) is -4.03. The van der Waals surface area contributed by atoms with E-state index in [-0.39, 0.29) is 30.5 Å². The van der Waals surface area contributed by atoms with E-state index in [1.54, 1.807) is 60.7 Å². The van der Waals surface area contributed by atoms with Gasteiger partial charge in [-0.25, -0.2) is 8.42 Å². The number of hydrogen-bond donors (Lipinski definition) is 3. The number of nitrogens with one attached hydrogen (secondary N) is 2. The second-order valence-corrected chi connectivity index (χ2v) is 12.8. The molecule has 0 aliphatic carbocycles. The quantitative estimate of drug-likeness (QED) is 0.244. The Balaban J connectivity index is 1.69. The van der Waals surface area contributed by atoms with Crippen LogP contribution in [0.3, 0.4) is 0 Å². The molecule has 1 aliphatic heterocycles. The normalized spacial score (nSPS) is 16.6. The van der Waals surface area contributed by atoms with E-state index in [1.807, 2.05) is 0 Å². The van der Waals surface area contributed by atoms with Crippen LogP contribution in [0.1, 0.15) is 36.5 Å². The Kier molecular flexibility index (Phi) is 8.96. The number of sulfonamides is 1. The number of carbonyl (C=O) groups is 2. The van der Waals surface area contributed by atoms with Gasteiger partial charge >= 0.3 is 0 Å². The molecule has 0 spiro atoms. The summed E-state index contributed by atoms with van der Waals surface area (Å²) in [4.78, 5) is 29.3. The molecule has 3 aromatic carbocycles. The Morgan fingerprint density at radius 1 is 1.02 bits per heavy atom. The molecule has 12 heteroatoms. The molecule has 41 heavy (non-hydrogen) atoms. The van der Waals surface area contributed by atoms with E-state index in [4.69, 9.17) is 34.3 Å². The number of amidine groups is 1. The summed E-state index contributed by atoms with van der Waals surface area (Å²) in [6, 6.07) is 18.7. The van der Waals surface area contributed by atoms with E-state index >= 15 is 0 Å². The van der Waals surface area contributed by atoms with Gasteiger partial charge in [0.05, 0.1) is 11.9 Å². The van der Waals surface area contributed by atoms with E-state index in [1.165, 1.54) is 24.0 Å². The average molecular weight is 617 g/mol. The van der Waals surface area contributed by atoms with Gasteiger partial charge in [0.2, 0.25) is 15.9 Å². The third-order valence-electron chi connectivity index (χ3n) is 7.17. The molecule has 4 N–H and O–H groups in total. The molecule has 4 rings (SSSR count). The second kappa shape index (κ2) is 12.1. The van der Waals surface area contributed by atoms with Crippen molar-refractivity contribution in [1.82, 2.24) is 10.2 Å². The van der Waals surface area contributed by atoms with Gasteiger partial charge in [-0.05, 0) is 67.3 Å². The van der Waals surface area contributed by atoms with Gasteiger partial charge in [0.25, 0.3) is 5.91 Å². The first-order valence-corrected chi connectivity index (χ1v) is 15.5. The summed E-state index contributed by atoms with van der Waals surface area (Å²) in [5.41, 5.74) is 5.77. The average Bonchev–Trinajstić information content (AvgIpc) is 3.42. The van der Waals surface area contributed by atoms with E-state index < -0.39 is 27.5 Å². The highest BCUT2D eigenvalue weighted by atomic mass is 35.5. The third-order valence-corrected chi connectivity index (χ3v) is 8.91. The molecule has 0 aromatic heterocycles. The smallest absolute Gasteiger partial charge is 0.254 e. The summed E-state index contributed by atoms with van der Waals surface area (Å²) in [6.45, 7) is 2.04. The van der Waals surface area contributed by atoms with Gasteiger partial charge in [-0.1, -0.05) is 59.6 Å². The fourth-order valence-corrected chi connectivity index (χ4v) is 6.73. The number of hydrogen-bond acceptors (Lipinski definition) is 5. The molecule has 1 saturated heterocycles. The van der Waals surface area contributed by atoms with Crippen molar-refractivity contribution in [3.8, 4) is 0 Å². The zero-order valence-electron chi connectivity index (χ0n) is 22.6. The van der Waals surface area contributed by atoms with E-state index in [0.29, 0.717) is 34.0 Å². The van der Waals surface area contributed by atoms with Crippen molar-refractivity contribution >= 4 is 56.6 Å². The first-order chi connectivity index (χ1) is 19.3. The number of benzene rings is 3. The Morgan fingerprint density at radius 2 is 1.59 bits per heavy atom. The van der Waals surface area contributed by atoms with Crippen LogP contribution in [0, 0.1) is 5.41 Å². The maximum absolute atomic E-state index is 14.5. The van der Waals surface area contributed by atoms with Crippen molar-refractivity contribution in [2.75, 3.05) is 17.1 Å². The van der Waals surface area contributed by atoms with Crippen LogP contribution in [-0.2, 0) is 31.7 Å². The molecular formula is C29H31Cl2N5O4S. The van der Waals surface area contributed by atoms with Crippen molar-refractivity contribution in [3.05, 3.63) is 99.5 Å². The SMILES string of the molecule is C[C@](C(=O)N1CCC[C@H]1C(=O)NCc1ccc(C(=N)N)cc1)(c1ccc(Cl)cc1)N(c1ccc(Cl)cc1)S(C)(=O)=O. The highest BCUT2D eigenvalue weighted by molar-refractivity contribution is 7.92. The van der Waals surface area contributed by atoms with Crippen molar-refractivity contribution in [2.24, 2.45) is 5.73 Å². The summed E-state index contributed by atoms with van der Waals surface area (Å²) >= 11 is 12.2. The predicted molar refractivity (Wildman–Crippen MR) is 162 cm³/mol. The highest BCUT2D eigenvalue weighted by Gasteiger charge is 2.51. The van der Waals surface area contributed by atoms with Crippen molar-refractivity contribution in [1.29, 1.82) is 5.41 Å². The number of nitrogens with zero attached hydrogens (tertiary/aromatic N) is 2. The molecule has 0 saturated carbocycles. The monoisotopic (exact) mass is 615 g/mol. The zero-order chi connectivity index (χ0) is 29.9. The van der Waals surface area contributed by atoms with Crippen LogP contribution in [-0.4, -0.2) is 49.8 Å². The molecule has 2 amide bonds. The number of anilines is 1. The summed E-state index contributed by atoms with van der Waals surface area (Å²) in [6.07, 6.45) is 2.04. The minimum atomic E-state index is -4.03. The minimum absolute atomic E-state index is 0.0498. The minimum Gasteiger partial charge on any atom is -0.384 e. The van der Waals surface area contributed by atoms with Gasteiger partial charge in [-0.3, -0.25) is 19.3 Å². The first kappa shape index (κ1) is 30.4. The van der Waals surface area contributed by atoms with Crippen LogP contribution in [0.4, 0.5) is 5.69 Å². The van der Waals surface area contributed by atoms with Gasteiger partial charge in [0.1, 0.15) is 11.9 Å². The fourth-order valence-electron chi connectivity index (χ4n) is 5.13. The van der Waals surface area contributed by atoms with Crippen molar-refractivity contribution in [2.45, 2.75) is 37.9 Å². The van der Waals surface area contributed by atoms with Crippen molar-refractivity contribution in [3.63, 3.8) is 0 Å². The molecule has 216 valence electrons. The summed E-state index contributed by atoms with van der Waals surface area (Å²) in [5, 5.41) is 11.3. The fraction of sp³-hybridized carbons (Fsp3) is 0.276. The predicted octanol–water partition coefficient (Wildman–Crippen LogP) is 4.27. The van der Waals surface area contributed by atoms with Gasteiger partial charge < -0.3 is 16.0 Å². The third kappa shape index (κ3) is 6.50. The number of nitrogen functional groups attached to an aromatic ring is 1. The van der Waals surface area contributed by atoms with Crippen LogP contribution >= 0.6 is 23.2 Å². The molecular weight excluding hydrogens is 585 g/mol. The van der Waals surface area contributed by atoms with Crippen LogP contribution in [0.15, 0.2) is 72.8 Å². The topological polar surface area (TPSA) is 137 Å². The number of likely N-dealkylation sites (tertiary alicyclic amines) is 1.